The van der Waals surface area contributed by atoms with Gasteiger partial charge in [-0.15, -0.1) is 0 Å². The number of amides is 2. The molecule has 0 aliphatic carbocycles. The number of rotatable bonds is 2. The summed E-state index contributed by atoms with van der Waals surface area (Å²) < 4.78 is 15.7. The molecule has 118 valence electrons. The Bertz CT molecular complexity index is 964. The number of anilines is 1. The zero-order valence-electron chi connectivity index (χ0n) is 12.1. The molecule has 0 N–H and O–H groups in total. The first kappa shape index (κ1) is 14.6. The highest BCUT2D eigenvalue weighted by Crippen LogP contribution is 2.30. The lowest BCUT2D eigenvalue weighted by Gasteiger charge is -2.15. The van der Waals surface area contributed by atoms with Crippen LogP contribution in [0.25, 0.3) is 5.69 Å². The van der Waals surface area contributed by atoms with Crippen LogP contribution in [0.1, 0.15) is 20.7 Å². The molecular weight excluding hydrogens is 333 g/mol. The van der Waals surface area contributed by atoms with Gasteiger partial charge in [0.2, 0.25) is 0 Å². The van der Waals surface area contributed by atoms with E-state index in [9.17, 15) is 14.0 Å². The summed E-state index contributed by atoms with van der Waals surface area (Å²) in [5, 5.41) is 4.31. The number of halogens is 2. The molecule has 2 amide bonds. The number of fused-ring (bicyclic) bond motifs is 1. The van der Waals surface area contributed by atoms with Gasteiger partial charge in [0.05, 0.1) is 28.0 Å². The van der Waals surface area contributed by atoms with Gasteiger partial charge >= 0.3 is 0 Å². The zero-order valence-corrected chi connectivity index (χ0v) is 12.9. The molecular formula is C17H9ClFN3O2. The van der Waals surface area contributed by atoms with E-state index in [-0.39, 0.29) is 11.4 Å². The number of hydrogen-bond donors (Lipinski definition) is 0. The Balaban J connectivity index is 1.75. The second kappa shape index (κ2) is 5.28. The third-order valence-corrected chi connectivity index (χ3v) is 3.98. The summed E-state index contributed by atoms with van der Waals surface area (Å²) in [5.41, 5.74) is 0.958. The Morgan fingerprint density at radius 2 is 1.67 bits per heavy atom. The average molecular weight is 342 g/mol. The summed E-state index contributed by atoms with van der Waals surface area (Å²) in [4.78, 5) is 25.8. The molecule has 3 aromatic rings. The van der Waals surface area contributed by atoms with Gasteiger partial charge < -0.3 is 0 Å². The molecule has 2 heterocycles. The first-order chi connectivity index (χ1) is 11.6. The standard InChI is InChI=1S/C17H9ClFN3O2/c18-10-8-20-21(9-10)15-6-5-11(7-14(15)19)22-16(23)12-3-1-2-4-13(12)17(22)24/h1-9H. The summed E-state index contributed by atoms with van der Waals surface area (Å²) in [6.45, 7) is 0. The van der Waals surface area contributed by atoms with E-state index in [0.29, 0.717) is 16.1 Å². The predicted molar refractivity (Wildman–Crippen MR) is 86.1 cm³/mol. The van der Waals surface area contributed by atoms with E-state index in [1.807, 2.05) is 0 Å². The fourth-order valence-corrected chi connectivity index (χ4v) is 2.81. The Morgan fingerprint density at radius 1 is 1.00 bits per heavy atom. The van der Waals surface area contributed by atoms with Crippen molar-refractivity contribution in [3.8, 4) is 5.69 Å². The van der Waals surface area contributed by atoms with Gasteiger partial charge in [-0.3, -0.25) is 9.59 Å². The van der Waals surface area contributed by atoms with Crippen molar-refractivity contribution in [3.05, 3.63) is 76.8 Å². The number of imide groups is 1. The molecule has 5 nitrogen and oxygen atoms in total. The maximum atomic E-state index is 14.4. The molecule has 24 heavy (non-hydrogen) atoms. The van der Waals surface area contributed by atoms with Crippen LogP contribution < -0.4 is 4.90 Å². The van der Waals surface area contributed by atoms with Crippen molar-refractivity contribution < 1.29 is 14.0 Å². The van der Waals surface area contributed by atoms with Crippen molar-refractivity contribution in [2.24, 2.45) is 0 Å². The summed E-state index contributed by atoms with van der Waals surface area (Å²) in [6, 6.07) is 10.6. The molecule has 0 saturated heterocycles. The molecule has 0 fully saturated rings. The Hall–Kier alpha value is -2.99. The predicted octanol–water partition coefficient (Wildman–Crippen LogP) is 3.47. The van der Waals surface area contributed by atoms with Crippen molar-refractivity contribution in [2.45, 2.75) is 0 Å². The molecule has 0 unspecified atom stereocenters. The highest BCUT2D eigenvalue weighted by atomic mass is 35.5. The number of benzene rings is 2. The molecule has 0 bridgehead atoms. The number of aromatic nitrogens is 2. The lowest BCUT2D eigenvalue weighted by Crippen LogP contribution is -2.29. The molecule has 1 aromatic heterocycles. The number of hydrogen-bond acceptors (Lipinski definition) is 3. The summed E-state index contributed by atoms with van der Waals surface area (Å²) in [7, 11) is 0. The van der Waals surface area contributed by atoms with Crippen molar-refractivity contribution in [2.75, 3.05) is 4.90 Å². The quantitative estimate of drug-likeness (QED) is 0.671. The van der Waals surface area contributed by atoms with Crippen LogP contribution in [-0.2, 0) is 0 Å². The van der Waals surface area contributed by atoms with Gasteiger partial charge in [-0.25, -0.2) is 14.0 Å². The number of carbonyl (C=O) groups excluding carboxylic acids is 2. The normalized spacial score (nSPS) is 13.5. The molecule has 4 rings (SSSR count). The van der Waals surface area contributed by atoms with Crippen molar-refractivity contribution in [1.29, 1.82) is 0 Å². The molecule has 0 spiro atoms. The van der Waals surface area contributed by atoms with E-state index in [1.165, 1.54) is 29.2 Å². The maximum Gasteiger partial charge on any atom is 0.266 e. The number of nitrogens with zero attached hydrogens (tertiary/aromatic N) is 3. The SMILES string of the molecule is O=C1c2ccccc2C(=O)N1c1ccc(-n2cc(Cl)cn2)c(F)c1. The van der Waals surface area contributed by atoms with Crippen molar-refractivity contribution in [3.63, 3.8) is 0 Å². The van der Waals surface area contributed by atoms with Crippen LogP contribution >= 0.6 is 11.6 Å². The minimum Gasteiger partial charge on any atom is -0.268 e. The monoisotopic (exact) mass is 341 g/mol. The van der Waals surface area contributed by atoms with Crippen molar-refractivity contribution in [1.82, 2.24) is 9.78 Å². The summed E-state index contributed by atoms with van der Waals surface area (Å²) in [6.07, 6.45) is 2.85. The molecule has 0 radical (unpaired) electrons. The van der Waals surface area contributed by atoms with Crippen molar-refractivity contribution >= 4 is 29.1 Å². The van der Waals surface area contributed by atoms with E-state index < -0.39 is 17.6 Å². The second-order valence-electron chi connectivity index (χ2n) is 5.23. The topological polar surface area (TPSA) is 55.2 Å². The lowest BCUT2D eigenvalue weighted by molar-refractivity contribution is 0.0926. The molecule has 7 heteroatoms. The largest absolute Gasteiger partial charge is 0.268 e. The average Bonchev–Trinajstić information content (AvgIpc) is 3.10. The Morgan fingerprint density at radius 3 is 2.21 bits per heavy atom. The van der Waals surface area contributed by atoms with E-state index >= 15 is 0 Å². The first-order valence-electron chi connectivity index (χ1n) is 7.04. The molecule has 1 aliphatic rings. The van der Waals surface area contributed by atoms with E-state index in [2.05, 4.69) is 5.10 Å². The Labute approximate surface area is 140 Å². The minimum atomic E-state index is -0.621. The van der Waals surface area contributed by atoms with Gasteiger partial charge in [0, 0.05) is 12.3 Å². The van der Waals surface area contributed by atoms with Crippen LogP contribution in [0.5, 0.6) is 0 Å². The van der Waals surface area contributed by atoms with Crippen LogP contribution in [0.2, 0.25) is 5.02 Å². The molecule has 1 aliphatic heterocycles. The van der Waals surface area contributed by atoms with Gasteiger partial charge in [-0.05, 0) is 24.3 Å². The van der Waals surface area contributed by atoms with E-state index in [4.69, 9.17) is 11.6 Å². The highest BCUT2D eigenvalue weighted by Gasteiger charge is 2.36. The van der Waals surface area contributed by atoms with E-state index in [0.717, 1.165) is 11.0 Å². The highest BCUT2D eigenvalue weighted by molar-refractivity contribution is 6.34. The van der Waals surface area contributed by atoms with Gasteiger partial charge in [-0.1, -0.05) is 23.7 Å². The molecule has 0 atom stereocenters. The van der Waals surface area contributed by atoms with Crippen LogP contribution in [0.4, 0.5) is 10.1 Å². The zero-order chi connectivity index (χ0) is 16.8. The third kappa shape index (κ3) is 2.11. The smallest absolute Gasteiger partial charge is 0.266 e. The van der Waals surface area contributed by atoms with Crippen LogP contribution in [0.15, 0.2) is 54.9 Å². The van der Waals surface area contributed by atoms with Gasteiger partial charge in [0.15, 0.2) is 5.82 Å². The molecule has 0 saturated carbocycles. The third-order valence-electron chi connectivity index (χ3n) is 3.78. The maximum absolute atomic E-state index is 14.4. The fourth-order valence-electron chi connectivity index (χ4n) is 2.68. The van der Waals surface area contributed by atoms with Gasteiger partial charge in [-0.2, -0.15) is 5.10 Å². The first-order valence-corrected chi connectivity index (χ1v) is 7.42. The fraction of sp³-hybridized carbons (Fsp3) is 0. The van der Waals surface area contributed by atoms with Crippen LogP contribution in [0, 0.1) is 5.82 Å². The van der Waals surface area contributed by atoms with Crippen LogP contribution in [0.3, 0.4) is 0 Å². The number of carbonyl (C=O) groups is 2. The lowest BCUT2D eigenvalue weighted by atomic mass is 10.1. The van der Waals surface area contributed by atoms with Gasteiger partial charge in [0.25, 0.3) is 11.8 Å². The van der Waals surface area contributed by atoms with Gasteiger partial charge in [0.1, 0.15) is 5.69 Å². The minimum absolute atomic E-state index is 0.167. The summed E-state index contributed by atoms with van der Waals surface area (Å²) in [5.74, 6) is -1.56. The Kier molecular flexibility index (Phi) is 3.21. The molecule has 2 aromatic carbocycles. The van der Waals surface area contributed by atoms with E-state index in [1.54, 1.807) is 24.3 Å². The summed E-state index contributed by atoms with van der Waals surface area (Å²) >= 11 is 5.78. The second-order valence-corrected chi connectivity index (χ2v) is 5.67. The van der Waals surface area contributed by atoms with Crippen LogP contribution in [-0.4, -0.2) is 21.6 Å².